The number of aliphatic carboxylic acids is 1. The Hall–Kier alpha value is -1.77. The van der Waals surface area contributed by atoms with Crippen molar-refractivity contribution >= 4 is 5.97 Å². The molecule has 1 N–H and O–H groups in total. The molecule has 0 radical (unpaired) electrons. The number of aryl methyl sites for hydroxylation is 1. The van der Waals surface area contributed by atoms with Crippen LogP contribution in [0.4, 0.5) is 0 Å². The summed E-state index contributed by atoms with van der Waals surface area (Å²) in [5.41, 5.74) is 2.15. The van der Waals surface area contributed by atoms with E-state index in [4.69, 9.17) is 4.42 Å². The molecule has 2 rings (SSSR count). The van der Waals surface area contributed by atoms with Gasteiger partial charge in [0.2, 0.25) is 0 Å². The molecule has 0 aromatic carbocycles. The van der Waals surface area contributed by atoms with E-state index in [1.54, 1.807) is 6.26 Å². The average Bonchev–Trinajstić information content (AvgIpc) is 2.68. The number of carbonyl (C=O) groups is 1. The summed E-state index contributed by atoms with van der Waals surface area (Å²) >= 11 is 0. The van der Waals surface area contributed by atoms with Crippen molar-refractivity contribution in [1.82, 2.24) is 0 Å². The molecule has 0 aliphatic heterocycles. The van der Waals surface area contributed by atoms with E-state index in [1.165, 1.54) is 0 Å². The Morgan fingerprint density at radius 3 is 2.89 bits per heavy atom. The van der Waals surface area contributed by atoms with Crippen LogP contribution in [0.5, 0.6) is 0 Å². The second-order valence-corrected chi connectivity index (χ2v) is 5.29. The lowest BCUT2D eigenvalue weighted by Crippen LogP contribution is -2.36. The maximum Gasteiger partial charge on any atom is 0.331 e. The molecule has 1 aromatic rings. The van der Waals surface area contributed by atoms with Crippen molar-refractivity contribution in [3.05, 3.63) is 48.0 Å². The first-order chi connectivity index (χ1) is 8.39. The Balaban J connectivity index is 2.46. The molecule has 1 aromatic heterocycles. The second kappa shape index (κ2) is 4.16. The van der Waals surface area contributed by atoms with Gasteiger partial charge >= 0.3 is 5.97 Å². The summed E-state index contributed by atoms with van der Waals surface area (Å²) in [5.74, 6) is -0.113. The minimum atomic E-state index is -0.933. The summed E-state index contributed by atoms with van der Waals surface area (Å²) in [7, 11) is 0. The topological polar surface area (TPSA) is 50.4 Å². The van der Waals surface area contributed by atoms with E-state index in [0.717, 1.165) is 16.9 Å². The minimum Gasteiger partial charge on any atom is -0.478 e. The maximum absolute atomic E-state index is 11.2. The Bertz CT molecular complexity index is 524. The molecule has 96 valence electrons. The van der Waals surface area contributed by atoms with Crippen molar-refractivity contribution in [2.75, 3.05) is 0 Å². The molecular formula is C15H18O3. The summed E-state index contributed by atoms with van der Waals surface area (Å²) in [6.07, 6.45) is 4.90. The maximum atomic E-state index is 11.2. The van der Waals surface area contributed by atoms with Gasteiger partial charge in [-0.2, -0.15) is 0 Å². The van der Waals surface area contributed by atoms with Gasteiger partial charge in [0, 0.05) is 17.9 Å². The monoisotopic (exact) mass is 246 g/mol. The molecule has 0 saturated heterocycles. The first-order valence-electron chi connectivity index (χ1n) is 6.00. The van der Waals surface area contributed by atoms with Crippen molar-refractivity contribution < 1.29 is 14.3 Å². The number of hydrogen-bond donors (Lipinski definition) is 1. The van der Waals surface area contributed by atoms with Crippen molar-refractivity contribution in [1.29, 1.82) is 0 Å². The van der Waals surface area contributed by atoms with Crippen LogP contribution in [0.1, 0.15) is 23.8 Å². The number of fused-ring (bicyclic) bond motifs is 1. The van der Waals surface area contributed by atoms with Crippen molar-refractivity contribution in [2.45, 2.75) is 26.7 Å². The third-order valence-corrected chi connectivity index (χ3v) is 4.10. The lowest BCUT2D eigenvalue weighted by molar-refractivity contribution is -0.133. The van der Waals surface area contributed by atoms with Gasteiger partial charge < -0.3 is 9.52 Å². The van der Waals surface area contributed by atoms with Crippen LogP contribution in [0.15, 0.2) is 35.5 Å². The number of hydrogen-bond acceptors (Lipinski definition) is 2. The van der Waals surface area contributed by atoms with Crippen LogP contribution in [-0.2, 0) is 17.6 Å². The summed E-state index contributed by atoms with van der Waals surface area (Å²) in [5, 5.41) is 9.17. The van der Waals surface area contributed by atoms with E-state index in [0.29, 0.717) is 12.8 Å². The van der Waals surface area contributed by atoms with E-state index in [2.05, 4.69) is 13.2 Å². The average molecular weight is 246 g/mol. The molecule has 0 unspecified atom stereocenters. The second-order valence-electron chi connectivity index (χ2n) is 5.29. The highest BCUT2D eigenvalue weighted by molar-refractivity contribution is 5.86. The molecule has 0 saturated carbocycles. The van der Waals surface area contributed by atoms with Crippen LogP contribution in [0, 0.1) is 18.3 Å². The van der Waals surface area contributed by atoms with E-state index in [1.807, 2.05) is 19.9 Å². The molecule has 18 heavy (non-hydrogen) atoms. The molecule has 1 heterocycles. The summed E-state index contributed by atoms with van der Waals surface area (Å²) < 4.78 is 5.55. The Kier molecular flexibility index (Phi) is 2.93. The predicted octanol–water partition coefficient (Wildman–Crippen LogP) is 3.14. The third kappa shape index (κ3) is 1.80. The zero-order valence-electron chi connectivity index (χ0n) is 10.8. The zero-order chi connectivity index (χ0) is 13.5. The normalized spacial score (nSPS) is 26.4. The van der Waals surface area contributed by atoms with Gasteiger partial charge in [0.1, 0.15) is 5.76 Å². The number of rotatable bonds is 3. The van der Waals surface area contributed by atoms with Crippen LogP contribution in [0.3, 0.4) is 0 Å². The SMILES string of the molecule is C=C[C@@]1(C)Cc2occ(C)c2C[C@@H]1C(=C)C(=O)O. The molecule has 3 heteroatoms. The van der Waals surface area contributed by atoms with Crippen LogP contribution in [0.2, 0.25) is 0 Å². The van der Waals surface area contributed by atoms with E-state index in [9.17, 15) is 9.90 Å². The zero-order valence-corrected chi connectivity index (χ0v) is 10.8. The molecule has 1 aliphatic carbocycles. The van der Waals surface area contributed by atoms with E-state index < -0.39 is 5.97 Å². The highest BCUT2D eigenvalue weighted by Crippen LogP contribution is 2.45. The smallest absolute Gasteiger partial charge is 0.331 e. The molecule has 0 bridgehead atoms. The highest BCUT2D eigenvalue weighted by atomic mass is 16.4. The molecule has 0 spiro atoms. The van der Waals surface area contributed by atoms with Gasteiger partial charge in [-0.1, -0.05) is 19.6 Å². The van der Waals surface area contributed by atoms with Crippen molar-refractivity contribution in [2.24, 2.45) is 11.3 Å². The lowest BCUT2D eigenvalue weighted by Gasteiger charge is -2.38. The number of carboxylic acids is 1. The fourth-order valence-corrected chi connectivity index (χ4v) is 2.74. The summed E-state index contributed by atoms with van der Waals surface area (Å²) in [4.78, 5) is 11.2. The van der Waals surface area contributed by atoms with E-state index >= 15 is 0 Å². The number of allylic oxidation sites excluding steroid dienone is 1. The summed E-state index contributed by atoms with van der Waals surface area (Å²) in [6, 6.07) is 0. The largest absolute Gasteiger partial charge is 0.478 e. The molecule has 2 atom stereocenters. The van der Waals surface area contributed by atoms with Crippen LogP contribution >= 0.6 is 0 Å². The number of furan rings is 1. The number of carboxylic acid groups (broad SMARTS) is 1. The molecule has 0 fully saturated rings. The van der Waals surface area contributed by atoms with Gasteiger partial charge in [-0.25, -0.2) is 4.79 Å². The van der Waals surface area contributed by atoms with Gasteiger partial charge in [0.15, 0.2) is 0 Å². The third-order valence-electron chi connectivity index (χ3n) is 4.10. The van der Waals surface area contributed by atoms with Crippen LogP contribution in [0.25, 0.3) is 0 Å². The van der Waals surface area contributed by atoms with Gasteiger partial charge in [-0.05, 0) is 29.9 Å². The van der Waals surface area contributed by atoms with Gasteiger partial charge in [0.25, 0.3) is 0 Å². The highest BCUT2D eigenvalue weighted by Gasteiger charge is 2.41. The van der Waals surface area contributed by atoms with Crippen molar-refractivity contribution in [3.63, 3.8) is 0 Å². The lowest BCUT2D eigenvalue weighted by atomic mass is 9.64. The molecule has 0 amide bonds. The Morgan fingerprint density at radius 1 is 1.67 bits per heavy atom. The fraction of sp³-hybridized carbons (Fsp3) is 0.400. The first kappa shape index (κ1) is 12.7. The quantitative estimate of drug-likeness (QED) is 0.658. The Morgan fingerprint density at radius 2 is 2.33 bits per heavy atom. The summed E-state index contributed by atoms with van der Waals surface area (Å²) in [6.45, 7) is 11.6. The fourth-order valence-electron chi connectivity index (χ4n) is 2.74. The van der Waals surface area contributed by atoms with Gasteiger partial charge in [-0.3, -0.25) is 0 Å². The predicted molar refractivity (Wildman–Crippen MR) is 69.4 cm³/mol. The van der Waals surface area contributed by atoms with Gasteiger partial charge in [-0.15, -0.1) is 6.58 Å². The van der Waals surface area contributed by atoms with Crippen molar-refractivity contribution in [3.8, 4) is 0 Å². The molecule has 3 nitrogen and oxygen atoms in total. The van der Waals surface area contributed by atoms with Crippen LogP contribution < -0.4 is 0 Å². The van der Waals surface area contributed by atoms with E-state index in [-0.39, 0.29) is 16.9 Å². The molecule has 1 aliphatic rings. The first-order valence-corrected chi connectivity index (χ1v) is 6.00. The molecular weight excluding hydrogens is 228 g/mol. The Labute approximate surface area is 107 Å². The minimum absolute atomic E-state index is 0.128. The van der Waals surface area contributed by atoms with Crippen LogP contribution in [-0.4, -0.2) is 11.1 Å². The standard InChI is InChI=1S/C15H18O3/c1-5-15(4)7-13-11(9(2)8-18-13)6-12(15)10(3)14(16)17/h5,8,12H,1,3,6-7H2,2,4H3,(H,16,17)/t12-,15+/m1/s1. The van der Waals surface area contributed by atoms with Gasteiger partial charge in [0.05, 0.1) is 6.26 Å².